The van der Waals surface area contributed by atoms with Crippen LogP contribution in [0.4, 0.5) is 15.8 Å². The Kier molecular flexibility index (Phi) is 5.17. The van der Waals surface area contributed by atoms with Gasteiger partial charge in [0.15, 0.2) is 5.78 Å². The molecule has 6 nitrogen and oxygen atoms in total. The van der Waals surface area contributed by atoms with E-state index in [1.165, 1.54) is 35.2 Å². The summed E-state index contributed by atoms with van der Waals surface area (Å²) in [6.07, 6.45) is 0.639. The monoisotopic (exact) mass is 442 g/mol. The number of hydrogen-bond acceptors (Lipinski definition) is 4. The molecule has 160 valence electrons. The fourth-order valence-electron chi connectivity index (χ4n) is 4.49. The SMILES string of the molecule is CC1(C)CC(=O)C2=C(C1)N(c1cc([N+](=O)[O-])ccc1Cl)C(=O)CC2c1cccc(F)c1. The van der Waals surface area contributed by atoms with Gasteiger partial charge in [-0.25, -0.2) is 4.39 Å². The average Bonchev–Trinajstić information content (AvgIpc) is 2.67. The number of hydrogen-bond donors (Lipinski definition) is 0. The summed E-state index contributed by atoms with van der Waals surface area (Å²) in [4.78, 5) is 38.6. The summed E-state index contributed by atoms with van der Waals surface area (Å²) >= 11 is 6.34. The van der Waals surface area contributed by atoms with Crippen LogP contribution in [0.2, 0.25) is 5.02 Å². The third-order valence-corrected chi connectivity index (χ3v) is 6.10. The Balaban J connectivity index is 1.94. The summed E-state index contributed by atoms with van der Waals surface area (Å²) in [5, 5.41) is 11.5. The third kappa shape index (κ3) is 3.85. The Morgan fingerprint density at radius 1 is 1.16 bits per heavy atom. The lowest BCUT2D eigenvalue weighted by Gasteiger charge is -2.43. The van der Waals surface area contributed by atoms with Crippen molar-refractivity contribution in [3.8, 4) is 0 Å². The fourth-order valence-corrected chi connectivity index (χ4v) is 4.69. The van der Waals surface area contributed by atoms with Crippen molar-refractivity contribution < 1.29 is 18.9 Å². The number of rotatable bonds is 3. The minimum Gasteiger partial charge on any atom is -0.294 e. The van der Waals surface area contributed by atoms with Crippen LogP contribution in [-0.2, 0) is 9.59 Å². The molecule has 2 aromatic rings. The Morgan fingerprint density at radius 3 is 2.58 bits per heavy atom. The van der Waals surface area contributed by atoms with Crippen LogP contribution in [0.3, 0.4) is 0 Å². The van der Waals surface area contributed by atoms with Crippen LogP contribution in [-0.4, -0.2) is 16.6 Å². The first-order valence-electron chi connectivity index (χ1n) is 9.86. The lowest BCUT2D eigenvalue weighted by molar-refractivity contribution is -0.384. The molecular formula is C23H20ClFN2O4. The standard InChI is InChI=1S/C23H20ClFN2O4/c1-23(2)11-19-22(20(28)12-23)16(13-4-3-5-14(25)8-13)10-21(29)26(19)18-9-15(27(30)31)6-7-17(18)24/h3-9,16H,10-12H2,1-2H3. The largest absolute Gasteiger partial charge is 0.294 e. The third-order valence-electron chi connectivity index (χ3n) is 5.78. The molecule has 1 unspecified atom stereocenters. The number of Topliss-reactive ketones (excluding diaryl/α,β-unsaturated/α-hetero) is 1. The second-order valence-corrected chi connectivity index (χ2v) is 9.14. The van der Waals surface area contributed by atoms with E-state index in [0.29, 0.717) is 29.7 Å². The van der Waals surface area contributed by atoms with Gasteiger partial charge >= 0.3 is 0 Å². The maximum absolute atomic E-state index is 13.9. The van der Waals surface area contributed by atoms with Gasteiger partial charge in [-0.3, -0.25) is 24.6 Å². The summed E-state index contributed by atoms with van der Waals surface area (Å²) in [6.45, 7) is 3.86. The van der Waals surface area contributed by atoms with Gasteiger partial charge in [0, 0.05) is 42.2 Å². The van der Waals surface area contributed by atoms with E-state index in [1.807, 2.05) is 13.8 Å². The number of halogens is 2. The highest BCUT2D eigenvalue weighted by Gasteiger charge is 2.45. The zero-order valence-electron chi connectivity index (χ0n) is 17.0. The van der Waals surface area contributed by atoms with E-state index in [0.717, 1.165) is 0 Å². The van der Waals surface area contributed by atoms with Crippen molar-refractivity contribution in [1.29, 1.82) is 0 Å². The molecule has 0 radical (unpaired) electrons. The van der Waals surface area contributed by atoms with Crippen molar-refractivity contribution in [1.82, 2.24) is 0 Å². The van der Waals surface area contributed by atoms with E-state index < -0.39 is 22.1 Å². The second-order valence-electron chi connectivity index (χ2n) is 8.74. The summed E-state index contributed by atoms with van der Waals surface area (Å²) in [5.41, 5.74) is 1.05. The predicted octanol–water partition coefficient (Wildman–Crippen LogP) is 5.55. The Morgan fingerprint density at radius 2 is 1.90 bits per heavy atom. The Bertz CT molecular complexity index is 1160. The summed E-state index contributed by atoms with van der Waals surface area (Å²) in [6, 6.07) is 9.79. The number of nitrogens with zero attached hydrogens (tertiary/aromatic N) is 2. The highest BCUT2D eigenvalue weighted by atomic mass is 35.5. The molecule has 0 bridgehead atoms. The highest BCUT2D eigenvalue weighted by molar-refractivity contribution is 6.34. The summed E-state index contributed by atoms with van der Waals surface area (Å²) in [7, 11) is 0. The second kappa shape index (κ2) is 7.57. The minimum absolute atomic E-state index is 0.0620. The van der Waals surface area contributed by atoms with Crippen LogP contribution in [0.1, 0.15) is 44.6 Å². The van der Waals surface area contributed by atoms with E-state index in [1.54, 1.807) is 12.1 Å². The number of non-ortho nitro benzene ring substituents is 1. The van der Waals surface area contributed by atoms with Gasteiger partial charge in [-0.2, -0.15) is 0 Å². The molecule has 0 aromatic heterocycles. The molecular weight excluding hydrogens is 423 g/mol. The molecule has 0 saturated carbocycles. The molecule has 0 saturated heterocycles. The first-order valence-corrected chi connectivity index (χ1v) is 10.2. The number of allylic oxidation sites excluding steroid dienone is 2. The minimum atomic E-state index is -0.574. The van der Waals surface area contributed by atoms with Crippen LogP contribution in [0, 0.1) is 21.3 Å². The zero-order valence-corrected chi connectivity index (χ0v) is 17.8. The van der Waals surface area contributed by atoms with Crippen LogP contribution < -0.4 is 4.90 Å². The number of benzene rings is 2. The van der Waals surface area contributed by atoms with Crippen molar-refractivity contribution in [2.75, 3.05) is 4.90 Å². The van der Waals surface area contributed by atoms with Crippen molar-refractivity contribution in [2.45, 2.75) is 39.0 Å². The van der Waals surface area contributed by atoms with Gasteiger partial charge < -0.3 is 0 Å². The van der Waals surface area contributed by atoms with Crippen molar-refractivity contribution >= 4 is 34.7 Å². The summed E-state index contributed by atoms with van der Waals surface area (Å²) in [5.74, 6) is -1.48. The molecule has 2 aliphatic rings. The average molecular weight is 443 g/mol. The molecule has 1 atom stereocenters. The number of anilines is 1. The van der Waals surface area contributed by atoms with E-state index in [9.17, 15) is 24.1 Å². The van der Waals surface area contributed by atoms with Gasteiger partial charge in [0.25, 0.3) is 5.69 Å². The lowest BCUT2D eigenvalue weighted by Crippen LogP contribution is -2.43. The van der Waals surface area contributed by atoms with E-state index >= 15 is 0 Å². The van der Waals surface area contributed by atoms with Gasteiger partial charge in [-0.05, 0) is 35.6 Å². The van der Waals surface area contributed by atoms with Crippen molar-refractivity contribution in [2.24, 2.45) is 5.41 Å². The molecule has 0 spiro atoms. The first kappa shape index (κ1) is 21.2. The first-order chi connectivity index (χ1) is 14.6. The van der Waals surface area contributed by atoms with E-state index in [-0.39, 0.29) is 34.5 Å². The number of ketones is 1. The number of carbonyl (C=O) groups is 2. The number of amides is 1. The molecule has 0 N–H and O–H groups in total. The quantitative estimate of drug-likeness (QED) is 0.461. The molecule has 2 aromatic carbocycles. The predicted molar refractivity (Wildman–Crippen MR) is 114 cm³/mol. The normalized spacial score (nSPS) is 20.6. The van der Waals surface area contributed by atoms with E-state index in [2.05, 4.69) is 0 Å². The molecule has 1 amide bonds. The van der Waals surface area contributed by atoms with Gasteiger partial charge in [-0.15, -0.1) is 0 Å². The van der Waals surface area contributed by atoms with Gasteiger partial charge in [-0.1, -0.05) is 37.6 Å². The molecule has 1 aliphatic heterocycles. The van der Waals surface area contributed by atoms with Crippen molar-refractivity contribution in [3.63, 3.8) is 0 Å². The van der Waals surface area contributed by atoms with E-state index in [4.69, 9.17) is 11.6 Å². The smallest absolute Gasteiger partial charge is 0.271 e. The van der Waals surface area contributed by atoms with Crippen LogP contribution in [0.5, 0.6) is 0 Å². The number of carbonyl (C=O) groups excluding carboxylic acids is 2. The Hall–Kier alpha value is -3.06. The Labute approximate surface area is 183 Å². The van der Waals surface area contributed by atoms with Crippen LogP contribution in [0.25, 0.3) is 0 Å². The van der Waals surface area contributed by atoms with Crippen LogP contribution >= 0.6 is 11.6 Å². The maximum atomic E-state index is 13.9. The highest BCUT2D eigenvalue weighted by Crippen LogP contribution is 2.49. The summed E-state index contributed by atoms with van der Waals surface area (Å²) < 4.78 is 13.9. The number of nitro benzene ring substituents is 1. The fraction of sp³-hybridized carbons (Fsp3) is 0.304. The molecule has 0 fully saturated rings. The molecule has 1 aliphatic carbocycles. The zero-order chi connectivity index (χ0) is 22.5. The van der Waals surface area contributed by atoms with Crippen LogP contribution in [0.15, 0.2) is 53.7 Å². The molecule has 31 heavy (non-hydrogen) atoms. The lowest BCUT2D eigenvalue weighted by atomic mass is 9.69. The van der Waals surface area contributed by atoms with Gasteiger partial charge in [0.2, 0.25) is 5.91 Å². The van der Waals surface area contributed by atoms with Gasteiger partial charge in [0.05, 0.1) is 15.6 Å². The maximum Gasteiger partial charge on any atom is 0.271 e. The number of nitro groups is 1. The van der Waals surface area contributed by atoms with Gasteiger partial charge in [0.1, 0.15) is 5.82 Å². The molecule has 8 heteroatoms. The topological polar surface area (TPSA) is 80.5 Å². The van der Waals surface area contributed by atoms with Crippen molar-refractivity contribution in [3.05, 3.63) is 80.3 Å². The molecule has 4 rings (SSSR count). The molecule has 1 heterocycles.